The zero-order chi connectivity index (χ0) is 24.4. The molecule has 0 atom stereocenters. The average molecular weight is 461 g/mol. The van der Waals surface area contributed by atoms with E-state index in [-0.39, 0.29) is 0 Å². The van der Waals surface area contributed by atoms with Gasteiger partial charge in [0.05, 0.1) is 21.3 Å². The average Bonchev–Trinajstić information content (AvgIpc) is 2.81. The molecule has 180 valence electrons. The number of carboxylic acid groups (broad SMARTS) is 2. The van der Waals surface area contributed by atoms with Crippen LogP contribution in [0.1, 0.15) is 16.7 Å². The molecular weight excluding hydrogens is 428 g/mol. The van der Waals surface area contributed by atoms with Gasteiger partial charge in [0.1, 0.15) is 0 Å². The Morgan fingerprint density at radius 2 is 1.27 bits per heavy atom. The van der Waals surface area contributed by atoms with Gasteiger partial charge in [-0.2, -0.15) is 0 Å². The maximum atomic E-state index is 9.10. The number of piperazine rings is 1. The third-order valence-electron chi connectivity index (χ3n) is 5.48. The summed E-state index contributed by atoms with van der Waals surface area (Å²) in [6.07, 6.45) is 0. The van der Waals surface area contributed by atoms with Crippen LogP contribution < -0.4 is 14.2 Å². The topological polar surface area (TPSA) is 109 Å². The van der Waals surface area contributed by atoms with Crippen LogP contribution in [0.15, 0.2) is 36.4 Å². The molecule has 0 amide bonds. The van der Waals surface area contributed by atoms with E-state index in [0.717, 1.165) is 50.6 Å². The van der Waals surface area contributed by atoms with Gasteiger partial charge in [-0.3, -0.25) is 9.80 Å². The van der Waals surface area contributed by atoms with Gasteiger partial charge in [0, 0.05) is 44.8 Å². The van der Waals surface area contributed by atoms with Crippen molar-refractivity contribution in [1.29, 1.82) is 0 Å². The summed E-state index contributed by atoms with van der Waals surface area (Å²) in [6.45, 7) is 8.30. The van der Waals surface area contributed by atoms with Gasteiger partial charge in [-0.05, 0) is 24.1 Å². The summed E-state index contributed by atoms with van der Waals surface area (Å²) < 4.78 is 16.5. The van der Waals surface area contributed by atoms with E-state index in [1.165, 1.54) is 11.1 Å². The number of benzene rings is 2. The molecule has 9 heteroatoms. The molecule has 2 aromatic rings. The third kappa shape index (κ3) is 7.37. The van der Waals surface area contributed by atoms with Crippen LogP contribution in [-0.2, 0) is 22.7 Å². The van der Waals surface area contributed by atoms with Crippen LogP contribution in [0.2, 0.25) is 0 Å². The van der Waals surface area contributed by atoms with Crippen LogP contribution in [0.4, 0.5) is 0 Å². The highest BCUT2D eigenvalue weighted by molar-refractivity contribution is 6.27. The lowest BCUT2D eigenvalue weighted by Gasteiger charge is -2.35. The maximum Gasteiger partial charge on any atom is 0.414 e. The highest BCUT2D eigenvalue weighted by Gasteiger charge is 2.21. The predicted octanol–water partition coefficient (Wildman–Crippen LogP) is 2.49. The van der Waals surface area contributed by atoms with Crippen molar-refractivity contribution < 1.29 is 34.0 Å². The fourth-order valence-electron chi connectivity index (χ4n) is 3.66. The molecule has 33 heavy (non-hydrogen) atoms. The first-order chi connectivity index (χ1) is 15.8. The van der Waals surface area contributed by atoms with Crippen LogP contribution in [0, 0.1) is 6.92 Å². The van der Waals surface area contributed by atoms with Crippen LogP contribution in [0.3, 0.4) is 0 Å². The zero-order valence-electron chi connectivity index (χ0n) is 19.5. The quantitative estimate of drug-likeness (QED) is 0.602. The summed E-state index contributed by atoms with van der Waals surface area (Å²) in [5.41, 5.74) is 3.92. The molecule has 1 saturated heterocycles. The zero-order valence-corrected chi connectivity index (χ0v) is 19.5. The largest absolute Gasteiger partial charge is 0.493 e. The van der Waals surface area contributed by atoms with Gasteiger partial charge in [0.15, 0.2) is 11.5 Å². The lowest BCUT2D eigenvalue weighted by Crippen LogP contribution is -2.45. The lowest BCUT2D eigenvalue weighted by molar-refractivity contribution is -0.159. The summed E-state index contributed by atoms with van der Waals surface area (Å²) in [7, 11) is 4.97. The van der Waals surface area contributed by atoms with Crippen molar-refractivity contribution in [2.45, 2.75) is 20.0 Å². The molecule has 9 nitrogen and oxygen atoms in total. The van der Waals surface area contributed by atoms with E-state index in [1.807, 2.05) is 6.07 Å². The van der Waals surface area contributed by atoms with Crippen LogP contribution in [-0.4, -0.2) is 79.5 Å². The second-order valence-corrected chi connectivity index (χ2v) is 7.58. The van der Waals surface area contributed by atoms with Gasteiger partial charge in [-0.25, -0.2) is 9.59 Å². The Kier molecular flexibility index (Phi) is 9.96. The first-order valence-corrected chi connectivity index (χ1v) is 10.5. The second-order valence-electron chi connectivity index (χ2n) is 7.58. The summed E-state index contributed by atoms with van der Waals surface area (Å²) in [4.78, 5) is 23.2. The van der Waals surface area contributed by atoms with Crippen molar-refractivity contribution in [2.75, 3.05) is 47.5 Å². The van der Waals surface area contributed by atoms with Gasteiger partial charge in [0.25, 0.3) is 0 Å². The number of methoxy groups -OCH3 is 3. The maximum absolute atomic E-state index is 9.10. The first kappa shape index (κ1) is 26.0. The molecule has 3 rings (SSSR count). The summed E-state index contributed by atoms with van der Waals surface area (Å²) in [6, 6.07) is 12.7. The molecule has 0 unspecified atom stereocenters. The molecule has 0 radical (unpaired) electrons. The molecule has 0 saturated carbocycles. The van der Waals surface area contributed by atoms with Crippen molar-refractivity contribution in [2.24, 2.45) is 0 Å². The number of rotatable bonds is 7. The number of hydrogen-bond donors (Lipinski definition) is 2. The molecule has 0 aromatic heterocycles. The van der Waals surface area contributed by atoms with Crippen molar-refractivity contribution in [3.8, 4) is 17.2 Å². The normalized spacial score (nSPS) is 14.1. The molecule has 1 fully saturated rings. The Balaban J connectivity index is 0.000000569. The van der Waals surface area contributed by atoms with Crippen LogP contribution in [0.25, 0.3) is 0 Å². The van der Waals surface area contributed by atoms with Crippen molar-refractivity contribution in [3.63, 3.8) is 0 Å². The third-order valence-corrected chi connectivity index (χ3v) is 5.48. The number of ether oxygens (including phenoxy) is 3. The standard InChI is InChI=1S/C22H30N2O3.C2H2O4/c1-17-7-5-6-8-18(17)15-23-11-13-24(14-12-23)16-19-9-10-20(25-2)22(27-4)21(19)26-3;3-1(4)2(5)6/h5-10H,11-16H2,1-4H3;(H,3,4)(H,5,6). The minimum atomic E-state index is -1.82. The second kappa shape index (κ2) is 12.7. The number of aryl methyl sites for hydroxylation is 1. The Labute approximate surface area is 194 Å². The van der Waals surface area contributed by atoms with Crippen LogP contribution in [0.5, 0.6) is 17.2 Å². The van der Waals surface area contributed by atoms with E-state index in [2.05, 4.69) is 47.1 Å². The van der Waals surface area contributed by atoms with Gasteiger partial charge in [-0.1, -0.05) is 30.3 Å². The SMILES string of the molecule is COc1ccc(CN2CCN(Cc3ccccc3C)CC2)c(OC)c1OC.O=C(O)C(=O)O. The molecule has 1 aliphatic heterocycles. The van der Waals surface area contributed by atoms with E-state index < -0.39 is 11.9 Å². The summed E-state index contributed by atoms with van der Waals surface area (Å²) >= 11 is 0. The molecular formula is C24H32N2O7. The van der Waals surface area contributed by atoms with Gasteiger partial charge < -0.3 is 24.4 Å². The fraction of sp³-hybridized carbons (Fsp3) is 0.417. The first-order valence-electron chi connectivity index (χ1n) is 10.5. The molecule has 0 aliphatic carbocycles. The Hall–Kier alpha value is -3.30. The Morgan fingerprint density at radius 1 is 0.758 bits per heavy atom. The van der Waals surface area contributed by atoms with Crippen molar-refractivity contribution in [3.05, 3.63) is 53.1 Å². The van der Waals surface area contributed by atoms with E-state index in [4.69, 9.17) is 34.0 Å². The minimum Gasteiger partial charge on any atom is -0.493 e. The lowest BCUT2D eigenvalue weighted by atomic mass is 10.1. The van der Waals surface area contributed by atoms with E-state index in [1.54, 1.807) is 21.3 Å². The predicted molar refractivity (Wildman–Crippen MR) is 123 cm³/mol. The van der Waals surface area contributed by atoms with Crippen molar-refractivity contribution >= 4 is 11.9 Å². The van der Waals surface area contributed by atoms with Gasteiger partial charge in [-0.15, -0.1) is 0 Å². The van der Waals surface area contributed by atoms with E-state index in [9.17, 15) is 0 Å². The summed E-state index contributed by atoms with van der Waals surface area (Å²) in [5.74, 6) is -1.53. The fourth-order valence-corrected chi connectivity index (χ4v) is 3.66. The molecule has 1 heterocycles. The highest BCUT2D eigenvalue weighted by atomic mass is 16.5. The molecule has 0 spiro atoms. The molecule has 1 aliphatic rings. The Morgan fingerprint density at radius 3 is 1.73 bits per heavy atom. The Bertz CT molecular complexity index is 928. The number of hydrogen-bond acceptors (Lipinski definition) is 7. The molecule has 2 aromatic carbocycles. The van der Waals surface area contributed by atoms with Crippen molar-refractivity contribution in [1.82, 2.24) is 9.80 Å². The van der Waals surface area contributed by atoms with E-state index >= 15 is 0 Å². The number of aliphatic carboxylic acids is 2. The molecule has 2 N–H and O–H groups in total. The van der Waals surface area contributed by atoms with E-state index in [0.29, 0.717) is 11.5 Å². The van der Waals surface area contributed by atoms with Crippen LogP contribution >= 0.6 is 0 Å². The summed E-state index contributed by atoms with van der Waals surface area (Å²) in [5, 5.41) is 14.8. The van der Waals surface area contributed by atoms with Gasteiger partial charge >= 0.3 is 11.9 Å². The number of carbonyl (C=O) groups is 2. The minimum absolute atomic E-state index is 0.663. The number of nitrogens with zero attached hydrogens (tertiary/aromatic N) is 2. The highest BCUT2D eigenvalue weighted by Crippen LogP contribution is 2.40. The van der Waals surface area contributed by atoms with Gasteiger partial charge in [0.2, 0.25) is 5.75 Å². The monoisotopic (exact) mass is 460 g/mol. The molecule has 0 bridgehead atoms. The number of carboxylic acids is 2. The smallest absolute Gasteiger partial charge is 0.414 e.